The van der Waals surface area contributed by atoms with Crippen molar-refractivity contribution in [3.05, 3.63) is 29.8 Å². The lowest BCUT2D eigenvalue weighted by Gasteiger charge is -2.16. The number of sulfone groups is 1. The predicted octanol–water partition coefficient (Wildman–Crippen LogP) is 1.96. The quantitative estimate of drug-likeness (QED) is 0.899. The van der Waals surface area contributed by atoms with Crippen molar-refractivity contribution < 1.29 is 13.2 Å². The molecule has 0 aromatic heterocycles. The Morgan fingerprint density at radius 1 is 1.30 bits per heavy atom. The first kappa shape index (κ1) is 16.2. The number of para-hydroxylation sites is 1. The maximum atomic E-state index is 12.0. The van der Waals surface area contributed by atoms with E-state index in [1.54, 1.807) is 45.0 Å². The van der Waals surface area contributed by atoms with Gasteiger partial charge in [0, 0.05) is 0 Å². The van der Waals surface area contributed by atoms with E-state index in [4.69, 9.17) is 5.26 Å². The summed E-state index contributed by atoms with van der Waals surface area (Å²) < 4.78 is 24.0. The van der Waals surface area contributed by atoms with Crippen molar-refractivity contribution in [3.8, 4) is 6.07 Å². The molecule has 1 atom stereocenters. The van der Waals surface area contributed by atoms with Gasteiger partial charge in [-0.1, -0.05) is 26.0 Å². The Balaban J connectivity index is 2.81. The van der Waals surface area contributed by atoms with Crippen molar-refractivity contribution in [1.82, 2.24) is 0 Å². The minimum atomic E-state index is -3.49. The van der Waals surface area contributed by atoms with Crippen molar-refractivity contribution in [2.24, 2.45) is 5.92 Å². The number of amides is 1. The lowest BCUT2D eigenvalue weighted by atomic mass is 10.2. The highest BCUT2D eigenvalue weighted by molar-refractivity contribution is 7.92. The van der Waals surface area contributed by atoms with Gasteiger partial charge in [0.15, 0.2) is 9.84 Å². The van der Waals surface area contributed by atoms with E-state index in [1.807, 2.05) is 6.07 Å². The first-order chi connectivity index (χ1) is 9.27. The molecule has 0 aliphatic rings. The summed E-state index contributed by atoms with van der Waals surface area (Å²) in [7, 11) is -3.49. The molecule has 0 spiro atoms. The largest absolute Gasteiger partial charge is 0.324 e. The summed E-state index contributed by atoms with van der Waals surface area (Å²) in [6.07, 6.45) is 0. The van der Waals surface area contributed by atoms with Gasteiger partial charge in [-0.15, -0.1) is 0 Å². The van der Waals surface area contributed by atoms with Crippen LogP contribution in [0.25, 0.3) is 0 Å². The molecule has 0 saturated heterocycles. The zero-order valence-electron chi connectivity index (χ0n) is 11.8. The van der Waals surface area contributed by atoms with Crippen LogP contribution in [0.15, 0.2) is 24.3 Å². The number of nitrogens with zero attached hydrogens (tertiary/aromatic N) is 1. The maximum Gasteiger partial charge on any atom is 0.239 e. The predicted molar refractivity (Wildman–Crippen MR) is 77.9 cm³/mol. The van der Waals surface area contributed by atoms with Gasteiger partial charge in [-0.05, 0) is 25.0 Å². The summed E-state index contributed by atoms with van der Waals surface area (Å²) >= 11 is 0. The number of hydrogen-bond donors (Lipinski definition) is 1. The highest BCUT2D eigenvalue weighted by Crippen LogP contribution is 2.15. The number of carbonyl (C=O) groups is 1. The summed E-state index contributed by atoms with van der Waals surface area (Å²) in [5.41, 5.74) is 0.627. The third-order valence-electron chi connectivity index (χ3n) is 3.16. The first-order valence-electron chi connectivity index (χ1n) is 6.28. The van der Waals surface area contributed by atoms with Crippen LogP contribution in [0.4, 0.5) is 5.69 Å². The van der Waals surface area contributed by atoms with E-state index >= 15 is 0 Å². The second kappa shape index (κ2) is 6.53. The Bertz CT molecular complexity index is 630. The molecule has 1 rings (SSSR count). The molecule has 0 heterocycles. The number of hydrogen-bond acceptors (Lipinski definition) is 4. The van der Waals surface area contributed by atoms with E-state index in [2.05, 4.69) is 5.32 Å². The monoisotopic (exact) mass is 294 g/mol. The van der Waals surface area contributed by atoms with Gasteiger partial charge in [0.2, 0.25) is 5.91 Å². The summed E-state index contributed by atoms with van der Waals surface area (Å²) in [4.78, 5) is 11.8. The third kappa shape index (κ3) is 4.07. The summed E-state index contributed by atoms with van der Waals surface area (Å²) in [6.45, 7) is 5.19. The molecular formula is C14H18N2O3S. The lowest BCUT2D eigenvalue weighted by molar-refractivity contribution is -0.113. The molecule has 1 amide bonds. The van der Waals surface area contributed by atoms with Crippen LogP contribution in [0.5, 0.6) is 0 Å². The van der Waals surface area contributed by atoms with Gasteiger partial charge in [-0.2, -0.15) is 5.26 Å². The van der Waals surface area contributed by atoms with Gasteiger partial charge in [0.05, 0.1) is 16.5 Å². The second-order valence-electron chi connectivity index (χ2n) is 4.96. The van der Waals surface area contributed by atoms with E-state index in [9.17, 15) is 13.2 Å². The molecule has 0 aliphatic carbocycles. The standard InChI is InChI=1S/C14H18N2O3S/c1-10(2)11(3)20(18,19)9-14(17)16-13-7-5-4-6-12(13)8-15/h4-7,10-11H,9H2,1-3H3,(H,16,17). The third-order valence-corrected chi connectivity index (χ3v) is 5.50. The Morgan fingerprint density at radius 3 is 2.45 bits per heavy atom. The van der Waals surface area contributed by atoms with Crippen LogP contribution in [0.3, 0.4) is 0 Å². The zero-order chi connectivity index (χ0) is 15.3. The van der Waals surface area contributed by atoms with Crippen LogP contribution in [-0.2, 0) is 14.6 Å². The topological polar surface area (TPSA) is 87.0 Å². The minimum absolute atomic E-state index is 0.0563. The molecule has 0 fully saturated rings. The van der Waals surface area contributed by atoms with Gasteiger partial charge in [0.25, 0.3) is 0 Å². The number of carbonyl (C=O) groups excluding carboxylic acids is 1. The highest BCUT2D eigenvalue weighted by atomic mass is 32.2. The average molecular weight is 294 g/mol. The molecule has 6 heteroatoms. The number of benzene rings is 1. The smallest absolute Gasteiger partial charge is 0.239 e. The fourth-order valence-electron chi connectivity index (χ4n) is 1.60. The Morgan fingerprint density at radius 2 is 1.90 bits per heavy atom. The van der Waals surface area contributed by atoms with E-state index in [0.717, 1.165) is 0 Å². The SMILES string of the molecule is CC(C)C(C)S(=O)(=O)CC(=O)Nc1ccccc1C#N. The van der Waals surface area contributed by atoms with E-state index in [-0.39, 0.29) is 5.92 Å². The fourth-order valence-corrected chi connectivity index (χ4v) is 3.13. The maximum absolute atomic E-state index is 12.0. The van der Waals surface area contributed by atoms with Gasteiger partial charge in [-0.25, -0.2) is 8.42 Å². The molecule has 1 aromatic rings. The van der Waals surface area contributed by atoms with Crippen molar-refractivity contribution in [1.29, 1.82) is 5.26 Å². The van der Waals surface area contributed by atoms with Crippen LogP contribution >= 0.6 is 0 Å². The zero-order valence-corrected chi connectivity index (χ0v) is 12.6. The molecule has 0 aliphatic heterocycles. The number of nitriles is 1. The van der Waals surface area contributed by atoms with Gasteiger partial charge in [0.1, 0.15) is 11.8 Å². The summed E-state index contributed by atoms with van der Waals surface area (Å²) in [5.74, 6) is -1.26. The van der Waals surface area contributed by atoms with E-state index < -0.39 is 26.7 Å². The van der Waals surface area contributed by atoms with Crippen LogP contribution < -0.4 is 5.32 Å². The normalized spacial score (nSPS) is 12.8. The number of nitrogens with one attached hydrogen (secondary N) is 1. The number of anilines is 1. The highest BCUT2D eigenvalue weighted by Gasteiger charge is 2.26. The first-order valence-corrected chi connectivity index (χ1v) is 8.00. The van der Waals surface area contributed by atoms with Gasteiger partial charge in [-0.3, -0.25) is 4.79 Å². The average Bonchev–Trinajstić information content (AvgIpc) is 2.37. The molecule has 20 heavy (non-hydrogen) atoms. The molecule has 0 bridgehead atoms. The molecule has 0 radical (unpaired) electrons. The van der Waals surface area contributed by atoms with Crippen molar-refractivity contribution >= 4 is 21.4 Å². The Kier molecular flexibility index (Phi) is 5.28. The second-order valence-corrected chi connectivity index (χ2v) is 7.32. The van der Waals surface area contributed by atoms with Crippen LogP contribution in [0.2, 0.25) is 0 Å². The number of rotatable bonds is 5. The van der Waals surface area contributed by atoms with Crippen LogP contribution in [0, 0.1) is 17.2 Å². The lowest BCUT2D eigenvalue weighted by Crippen LogP contribution is -2.32. The van der Waals surface area contributed by atoms with E-state index in [1.165, 1.54) is 0 Å². The summed E-state index contributed by atoms with van der Waals surface area (Å²) in [5, 5.41) is 10.8. The Hall–Kier alpha value is -1.87. The van der Waals surface area contributed by atoms with Crippen molar-refractivity contribution in [3.63, 3.8) is 0 Å². The van der Waals surface area contributed by atoms with Gasteiger partial charge >= 0.3 is 0 Å². The van der Waals surface area contributed by atoms with Crippen LogP contribution in [0.1, 0.15) is 26.3 Å². The molecular weight excluding hydrogens is 276 g/mol. The minimum Gasteiger partial charge on any atom is -0.324 e. The molecule has 1 N–H and O–H groups in total. The van der Waals surface area contributed by atoms with Crippen molar-refractivity contribution in [2.45, 2.75) is 26.0 Å². The van der Waals surface area contributed by atoms with Crippen molar-refractivity contribution in [2.75, 3.05) is 11.1 Å². The van der Waals surface area contributed by atoms with Crippen LogP contribution in [-0.4, -0.2) is 25.3 Å². The molecule has 0 saturated carbocycles. The van der Waals surface area contributed by atoms with Gasteiger partial charge < -0.3 is 5.32 Å². The Labute approximate surface area is 119 Å². The molecule has 1 aromatic carbocycles. The summed E-state index contributed by atoms with van der Waals surface area (Å²) in [6, 6.07) is 8.40. The molecule has 1 unspecified atom stereocenters. The van der Waals surface area contributed by atoms with E-state index in [0.29, 0.717) is 11.3 Å². The fraction of sp³-hybridized carbons (Fsp3) is 0.429. The molecule has 5 nitrogen and oxygen atoms in total. The molecule has 108 valence electrons.